The Bertz CT molecular complexity index is 514. The number of carboxylic acid groups (broad SMARTS) is 1. The van der Waals surface area contributed by atoms with E-state index in [4.69, 9.17) is 16.7 Å². The number of thiophene rings is 1. The summed E-state index contributed by atoms with van der Waals surface area (Å²) in [6.07, 6.45) is 1.95. The van der Waals surface area contributed by atoms with Gasteiger partial charge >= 0.3 is 5.97 Å². The number of carboxylic acids is 1. The number of rotatable bonds is 3. The second-order valence-corrected chi connectivity index (χ2v) is 4.49. The quantitative estimate of drug-likeness (QED) is 0.914. The highest BCUT2D eigenvalue weighted by atomic mass is 35.5. The summed E-state index contributed by atoms with van der Waals surface area (Å²) < 4.78 is 0. The van der Waals surface area contributed by atoms with Crippen molar-refractivity contribution in [1.29, 1.82) is 0 Å². The van der Waals surface area contributed by atoms with Crippen LogP contribution in [0, 0.1) is 0 Å². The summed E-state index contributed by atoms with van der Waals surface area (Å²) in [5, 5.41) is 18.1. The number of halogens is 1. The first kappa shape index (κ1) is 11.0. The Balaban J connectivity index is 2.40. The molecule has 16 heavy (non-hydrogen) atoms. The van der Waals surface area contributed by atoms with Crippen molar-refractivity contribution in [2.45, 2.75) is 6.42 Å². The van der Waals surface area contributed by atoms with E-state index in [1.165, 1.54) is 6.20 Å². The van der Waals surface area contributed by atoms with Gasteiger partial charge < -0.3 is 5.11 Å². The third-order valence-corrected chi connectivity index (χ3v) is 3.19. The van der Waals surface area contributed by atoms with Crippen molar-refractivity contribution in [3.8, 4) is 0 Å². The molecule has 4 nitrogen and oxygen atoms in total. The first-order chi connectivity index (χ1) is 7.68. The molecule has 0 aliphatic carbocycles. The molecule has 0 aliphatic rings. The van der Waals surface area contributed by atoms with Gasteiger partial charge in [-0.3, -0.25) is 0 Å². The van der Waals surface area contributed by atoms with Crippen molar-refractivity contribution in [2.75, 3.05) is 0 Å². The minimum Gasteiger partial charge on any atom is -0.478 e. The molecule has 1 N–H and O–H groups in total. The molecule has 2 aromatic heterocycles. The third-order valence-electron chi connectivity index (χ3n) is 2.05. The average Bonchev–Trinajstić information content (AvgIpc) is 2.70. The SMILES string of the molecule is O=C(O)c1c(Cc2cccs2)cnnc1Cl. The molecule has 0 spiro atoms. The summed E-state index contributed by atoms with van der Waals surface area (Å²) in [5.74, 6) is -1.08. The van der Waals surface area contributed by atoms with Crippen LogP contribution in [0.25, 0.3) is 0 Å². The minimum atomic E-state index is -1.08. The molecule has 6 heteroatoms. The molecule has 82 valence electrons. The van der Waals surface area contributed by atoms with Crippen LogP contribution in [0.15, 0.2) is 23.7 Å². The molecule has 0 saturated carbocycles. The molecule has 0 radical (unpaired) electrons. The lowest BCUT2D eigenvalue weighted by molar-refractivity contribution is 0.0695. The van der Waals surface area contributed by atoms with Crippen LogP contribution in [-0.4, -0.2) is 21.3 Å². The van der Waals surface area contributed by atoms with E-state index in [0.717, 1.165) is 4.88 Å². The van der Waals surface area contributed by atoms with Gasteiger partial charge in [0, 0.05) is 11.3 Å². The van der Waals surface area contributed by atoms with Gasteiger partial charge in [-0.25, -0.2) is 4.79 Å². The fourth-order valence-electron chi connectivity index (χ4n) is 1.36. The summed E-state index contributed by atoms with van der Waals surface area (Å²) in [6, 6.07) is 3.85. The van der Waals surface area contributed by atoms with E-state index < -0.39 is 5.97 Å². The highest BCUT2D eigenvalue weighted by molar-refractivity contribution is 7.09. The normalized spacial score (nSPS) is 10.3. The second-order valence-electron chi connectivity index (χ2n) is 3.10. The first-order valence-electron chi connectivity index (χ1n) is 4.44. The highest BCUT2D eigenvalue weighted by Gasteiger charge is 2.16. The van der Waals surface area contributed by atoms with E-state index in [1.54, 1.807) is 11.3 Å². The zero-order valence-electron chi connectivity index (χ0n) is 8.05. The minimum absolute atomic E-state index is 0.0325. The van der Waals surface area contributed by atoms with E-state index in [1.807, 2.05) is 17.5 Å². The zero-order chi connectivity index (χ0) is 11.5. The molecule has 2 heterocycles. The van der Waals surface area contributed by atoms with E-state index in [2.05, 4.69) is 10.2 Å². The van der Waals surface area contributed by atoms with Gasteiger partial charge in [0.05, 0.1) is 6.20 Å². The fraction of sp³-hybridized carbons (Fsp3) is 0.100. The van der Waals surface area contributed by atoms with Crippen LogP contribution in [-0.2, 0) is 6.42 Å². The van der Waals surface area contributed by atoms with E-state index in [-0.39, 0.29) is 10.7 Å². The smallest absolute Gasteiger partial charge is 0.339 e. The number of carbonyl (C=O) groups is 1. The summed E-state index contributed by atoms with van der Waals surface area (Å²) in [5.41, 5.74) is 0.611. The Morgan fingerprint density at radius 2 is 2.38 bits per heavy atom. The lowest BCUT2D eigenvalue weighted by Crippen LogP contribution is -2.06. The second kappa shape index (κ2) is 4.59. The molecule has 0 aromatic carbocycles. The van der Waals surface area contributed by atoms with Crippen molar-refractivity contribution in [3.63, 3.8) is 0 Å². The predicted molar refractivity (Wildman–Crippen MR) is 61.1 cm³/mol. The first-order valence-corrected chi connectivity index (χ1v) is 5.70. The molecule has 0 bridgehead atoms. The molecular weight excluding hydrogens is 248 g/mol. The molecule has 0 unspecified atom stereocenters. The van der Waals surface area contributed by atoms with Gasteiger partial charge in [0.15, 0.2) is 5.15 Å². The van der Waals surface area contributed by atoms with Gasteiger partial charge in [-0.05, 0) is 17.0 Å². The number of hydrogen-bond donors (Lipinski definition) is 1. The maximum Gasteiger partial charge on any atom is 0.339 e. The molecule has 0 fully saturated rings. The number of nitrogens with zero attached hydrogens (tertiary/aromatic N) is 2. The van der Waals surface area contributed by atoms with Crippen molar-refractivity contribution in [2.24, 2.45) is 0 Å². The van der Waals surface area contributed by atoms with Crippen molar-refractivity contribution >= 4 is 28.9 Å². The van der Waals surface area contributed by atoms with E-state index in [9.17, 15) is 4.79 Å². The highest BCUT2D eigenvalue weighted by Crippen LogP contribution is 2.21. The van der Waals surface area contributed by atoms with E-state index >= 15 is 0 Å². The fourth-order valence-corrected chi connectivity index (χ4v) is 2.33. The molecule has 0 saturated heterocycles. The molecule has 0 amide bonds. The predicted octanol–water partition coefficient (Wildman–Crippen LogP) is 2.48. The van der Waals surface area contributed by atoms with E-state index in [0.29, 0.717) is 12.0 Å². The third kappa shape index (κ3) is 2.20. The van der Waals surface area contributed by atoms with Crippen molar-refractivity contribution < 1.29 is 9.90 Å². The Labute approximate surface area is 101 Å². The summed E-state index contributed by atoms with van der Waals surface area (Å²) in [4.78, 5) is 12.1. The Kier molecular flexibility index (Phi) is 3.17. The summed E-state index contributed by atoms with van der Waals surface area (Å²) >= 11 is 7.27. The van der Waals surface area contributed by atoms with Crippen molar-refractivity contribution in [3.05, 3.63) is 44.9 Å². The van der Waals surface area contributed by atoms with Gasteiger partial charge in [-0.15, -0.1) is 16.4 Å². The molecule has 0 atom stereocenters. The zero-order valence-corrected chi connectivity index (χ0v) is 9.63. The van der Waals surface area contributed by atoms with Crippen LogP contribution < -0.4 is 0 Å². The van der Waals surface area contributed by atoms with Gasteiger partial charge in [0.25, 0.3) is 0 Å². The molecule has 2 aromatic rings. The largest absolute Gasteiger partial charge is 0.478 e. The number of aromatic nitrogens is 2. The van der Waals surface area contributed by atoms with Crippen LogP contribution in [0.1, 0.15) is 20.8 Å². The van der Waals surface area contributed by atoms with Crippen LogP contribution in [0.3, 0.4) is 0 Å². The topological polar surface area (TPSA) is 63.1 Å². The Morgan fingerprint density at radius 1 is 1.56 bits per heavy atom. The number of aromatic carboxylic acids is 1. The van der Waals surface area contributed by atoms with Gasteiger partial charge in [0.1, 0.15) is 5.56 Å². The van der Waals surface area contributed by atoms with Crippen LogP contribution in [0.4, 0.5) is 0 Å². The summed E-state index contributed by atoms with van der Waals surface area (Å²) in [7, 11) is 0. The molecular formula is C10H7ClN2O2S. The Hall–Kier alpha value is -1.46. The monoisotopic (exact) mass is 254 g/mol. The van der Waals surface area contributed by atoms with Crippen LogP contribution in [0.5, 0.6) is 0 Å². The lowest BCUT2D eigenvalue weighted by atomic mass is 10.1. The standard InChI is InChI=1S/C10H7ClN2O2S/c11-9-8(10(14)15)6(5-12-13-9)4-7-2-1-3-16-7/h1-3,5H,4H2,(H,14,15). The maximum absolute atomic E-state index is 11.0. The van der Waals surface area contributed by atoms with Gasteiger partial charge in [-0.2, -0.15) is 5.10 Å². The Morgan fingerprint density at radius 3 is 3.00 bits per heavy atom. The molecule has 0 aliphatic heterocycles. The summed E-state index contributed by atoms with van der Waals surface area (Å²) in [6.45, 7) is 0. The average molecular weight is 255 g/mol. The maximum atomic E-state index is 11.0. The molecule has 2 rings (SSSR count). The number of hydrogen-bond acceptors (Lipinski definition) is 4. The van der Waals surface area contributed by atoms with Gasteiger partial charge in [-0.1, -0.05) is 17.7 Å². The lowest BCUT2D eigenvalue weighted by Gasteiger charge is -2.04. The van der Waals surface area contributed by atoms with Crippen molar-refractivity contribution in [1.82, 2.24) is 10.2 Å². The van der Waals surface area contributed by atoms with Crippen LogP contribution in [0.2, 0.25) is 5.15 Å². The van der Waals surface area contributed by atoms with Gasteiger partial charge in [0.2, 0.25) is 0 Å². The van der Waals surface area contributed by atoms with Crippen LogP contribution >= 0.6 is 22.9 Å².